The van der Waals surface area contributed by atoms with Crippen LogP contribution in [0.4, 0.5) is 0 Å². The molecule has 0 aromatic carbocycles. The number of rotatable bonds is 1. The average Bonchev–Trinajstić information content (AvgIpc) is 1.38. The van der Waals surface area contributed by atoms with Crippen LogP contribution in [0.3, 0.4) is 0 Å². The molecule has 0 aliphatic rings. The Hall–Kier alpha value is 0.636. The average molecular weight is 127 g/mol. The maximum absolute atomic E-state index is 2.24. The van der Waals surface area contributed by atoms with Gasteiger partial charge in [-0.3, -0.25) is 0 Å². The molecule has 0 saturated heterocycles. The van der Waals surface area contributed by atoms with Gasteiger partial charge >= 0.3 is 43.3 Å². The van der Waals surface area contributed by atoms with E-state index >= 15 is 0 Å². The third kappa shape index (κ3) is 4.64. The van der Waals surface area contributed by atoms with Gasteiger partial charge in [0.2, 0.25) is 0 Å². The molecule has 0 amide bonds. The van der Waals surface area contributed by atoms with Gasteiger partial charge in [0.1, 0.15) is 0 Å². The van der Waals surface area contributed by atoms with Gasteiger partial charge in [-0.1, -0.05) is 0 Å². The number of hydrogen-bond donors (Lipinski definition) is 0. The van der Waals surface area contributed by atoms with E-state index in [4.69, 9.17) is 0 Å². The van der Waals surface area contributed by atoms with E-state index in [1.165, 1.54) is 4.98 Å². The molecule has 0 heterocycles. The van der Waals surface area contributed by atoms with E-state index in [2.05, 4.69) is 13.8 Å². The van der Waals surface area contributed by atoms with Gasteiger partial charge in [0.05, 0.1) is 0 Å². The molecular weight excluding hydrogens is 118 g/mol. The second-order valence-corrected chi connectivity index (χ2v) is 2.62. The third-order valence-electron chi connectivity index (χ3n) is 0.471. The second-order valence-electron chi connectivity index (χ2n) is 1.63. The first-order valence-electron chi connectivity index (χ1n) is 1.97. The topological polar surface area (TPSA) is 0 Å². The minimum atomic E-state index is 0.912. The summed E-state index contributed by atoms with van der Waals surface area (Å²) >= 11 is 1.83. The van der Waals surface area contributed by atoms with Gasteiger partial charge < -0.3 is 0 Å². The molecule has 0 unspecified atom stereocenters. The molecule has 2 radical (unpaired) electrons. The maximum atomic E-state index is 2.24. The summed E-state index contributed by atoms with van der Waals surface area (Å²) < 4.78 is 0. The summed E-state index contributed by atoms with van der Waals surface area (Å²) in [4.78, 5) is 1.37. The molecule has 5 heavy (non-hydrogen) atoms. The second kappa shape index (κ2) is 2.85. The van der Waals surface area contributed by atoms with Crippen LogP contribution in [-0.4, -0.2) is 18.6 Å². The Morgan fingerprint density at radius 3 is 1.80 bits per heavy atom. The zero-order valence-corrected chi connectivity index (χ0v) is 6.28. The quantitative estimate of drug-likeness (QED) is 0.464. The van der Waals surface area contributed by atoms with E-state index in [9.17, 15) is 0 Å². The van der Waals surface area contributed by atoms with Crippen molar-refractivity contribution in [1.82, 2.24) is 0 Å². The summed E-state index contributed by atoms with van der Waals surface area (Å²) in [6.45, 7) is 4.48. The standard InChI is InChI=1S/C4H9.Ga/c1-4(2)3;/h4H,1H2,2-3H3;. The van der Waals surface area contributed by atoms with Crippen molar-refractivity contribution in [3.63, 3.8) is 0 Å². The Bertz CT molecular complexity index is 17.6. The van der Waals surface area contributed by atoms with E-state index in [-0.39, 0.29) is 0 Å². The Morgan fingerprint density at radius 2 is 1.80 bits per heavy atom. The molecule has 0 atom stereocenters. The van der Waals surface area contributed by atoms with Crippen LogP contribution < -0.4 is 0 Å². The molecule has 0 saturated carbocycles. The third-order valence-corrected chi connectivity index (χ3v) is 2.45. The summed E-state index contributed by atoms with van der Waals surface area (Å²) in [7, 11) is 0. The van der Waals surface area contributed by atoms with Crippen molar-refractivity contribution >= 4 is 18.6 Å². The van der Waals surface area contributed by atoms with Crippen LogP contribution in [0.15, 0.2) is 0 Å². The van der Waals surface area contributed by atoms with Crippen molar-refractivity contribution in [3.05, 3.63) is 0 Å². The van der Waals surface area contributed by atoms with Crippen LogP contribution in [0.25, 0.3) is 0 Å². The fourth-order valence-electron chi connectivity index (χ4n) is 0. The van der Waals surface area contributed by atoms with Crippen molar-refractivity contribution in [2.75, 3.05) is 0 Å². The van der Waals surface area contributed by atoms with E-state index in [0.29, 0.717) is 0 Å². The normalized spacial score (nSPS) is 9.40. The molecule has 0 bridgehead atoms. The predicted molar refractivity (Wildman–Crippen MR) is 25.4 cm³/mol. The Balaban J connectivity index is 2.54. The first-order chi connectivity index (χ1) is 2.27. The van der Waals surface area contributed by atoms with Crippen LogP contribution in [0.2, 0.25) is 4.98 Å². The van der Waals surface area contributed by atoms with Gasteiger partial charge in [0, 0.05) is 0 Å². The molecule has 0 fully saturated rings. The van der Waals surface area contributed by atoms with Crippen LogP contribution in [0.1, 0.15) is 13.8 Å². The first-order valence-corrected chi connectivity index (χ1v) is 3.68. The van der Waals surface area contributed by atoms with Gasteiger partial charge in [0.25, 0.3) is 0 Å². The van der Waals surface area contributed by atoms with Gasteiger partial charge in [-0.05, 0) is 0 Å². The van der Waals surface area contributed by atoms with Gasteiger partial charge in [0.15, 0.2) is 0 Å². The summed E-state index contributed by atoms with van der Waals surface area (Å²) in [6, 6.07) is 0. The molecule has 0 nitrogen and oxygen atoms in total. The van der Waals surface area contributed by atoms with Crippen molar-refractivity contribution in [2.24, 2.45) is 5.92 Å². The van der Waals surface area contributed by atoms with E-state index < -0.39 is 0 Å². The van der Waals surface area contributed by atoms with Gasteiger partial charge in [-0.2, -0.15) is 0 Å². The van der Waals surface area contributed by atoms with Crippen molar-refractivity contribution < 1.29 is 0 Å². The fraction of sp³-hybridized carbons (Fsp3) is 1.00. The molecule has 0 rings (SSSR count). The molecule has 0 N–H and O–H groups in total. The monoisotopic (exact) mass is 126 g/mol. The molecule has 28 valence electrons. The predicted octanol–water partition coefficient (Wildman–Crippen LogP) is 1.23. The molecule has 0 aliphatic carbocycles. The minimum absolute atomic E-state index is 0.912. The van der Waals surface area contributed by atoms with Crippen molar-refractivity contribution in [3.8, 4) is 0 Å². The summed E-state index contributed by atoms with van der Waals surface area (Å²) in [5.41, 5.74) is 0. The van der Waals surface area contributed by atoms with Crippen molar-refractivity contribution in [1.29, 1.82) is 0 Å². The molecule has 1 heteroatoms. The summed E-state index contributed by atoms with van der Waals surface area (Å²) in [6.07, 6.45) is 0. The SMILES string of the molecule is CC(C)[CH2][Ga]. The fourth-order valence-corrected chi connectivity index (χ4v) is 0. The molecule has 0 aliphatic heterocycles. The molecule has 0 aromatic rings. The Labute approximate surface area is 43.9 Å². The van der Waals surface area contributed by atoms with Crippen molar-refractivity contribution in [2.45, 2.75) is 18.8 Å². The van der Waals surface area contributed by atoms with Gasteiger partial charge in [-0.15, -0.1) is 0 Å². The van der Waals surface area contributed by atoms with Crippen LogP contribution >= 0.6 is 0 Å². The van der Waals surface area contributed by atoms with E-state index in [0.717, 1.165) is 5.92 Å². The van der Waals surface area contributed by atoms with E-state index in [1.54, 1.807) is 0 Å². The van der Waals surface area contributed by atoms with E-state index in [1.807, 2.05) is 18.6 Å². The zero-order valence-electron chi connectivity index (χ0n) is 3.86. The van der Waals surface area contributed by atoms with Crippen LogP contribution in [0.5, 0.6) is 0 Å². The van der Waals surface area contributed by atoms with Gasteiger partial charge in [-0.25, -0.2) is 0 Å². The Kier molecular flexibility index (Phi) is 3.22. The number of hydrogen-bond acceptors (Lipinski definition) is 0. The summed E-state index contributed by atoms with van der Waals surface area (Å²) in [5.74, 6) is 0.912. The van der Waals surface area contributed by atoms with Crippen LogP contribution in [-0.2, 0) is 0 Å². The molecule has 0 spiro atoms. The Morgan fingerprint density at radius 1 is 1.60 bits per heavy atom. The zero-order chi connectivity index (χ0) is 4.28. The van der Waals surface area contributed by atoms with Crippen LogP contribution in [0, 0.1) is 5.92 Å². The summed E-state index contributed by atoms with van der Waals surface area (Å²) in [5, 5.41) is 0. The first kappa shape index (κ1) is 5.64. The molecular formula is C4H9Ga. The molecule has 0 aromatic heterocycles.